The van der Waals surface area contributed by atoms with Gasteiger partial charge >= 0.3 is 43.9 Å². The van der Waals surface area contributed by atoms with Crippen LogP contribution in [-0.4, -0.2) is 72.6 Å². The van der Waals surface area contributed by atoms with E-state index in [1.807, 2.05) is 109 Å². The van der Waals surface area contributed by atoms with Crippen LogP contribution in [0, 0.1) is 17.5 Å². The molecule has 110 heavy (non-hydrogen) atoms. The molecule has 0 saturated heterocycles. The van der Waals surface area contributed by atoms with Gasteiger partial charge < -0.3 is 75.2 Å². The first-order valence-corrected chi connectivity index (χ1v) is 36.3. The first-order valence-electron chi connectivity index (χ1n) is 35.5. The van der Waals surface area contributed by atoms with Crippen molar-refractivity contribution in [3.63, 3.8) is 0 Å². The molecule has 0 amide bonds. The molecule has 18 nitrogen and oxygen atoms in total. The Labute approximate surface area is 666 Å². The SMILES string of the molecule is CC(C)n1ccc2c(-c3cccc(CN)c3F)cc(COc3ccccc3CC(=O)O)cc21.CCOC(=O)Cc1ccccc1OCc1cc(-c2cccc(CN)c2F)c2ccn(C(C)C)c2c1.CCOC(=O)Cc1ccccc1OCc1cc(Br)c2ccn(C(C)C)c2c1.Cl.NCc1cccc(B(O)O)c1F.[Li+].[OH-]. The maximum atomic E-state index is 15.3. The number of hydrogen-bond acceptors (Lipinski definition) is 14. The molecule has 10 N–H and O–H groups in total. The van der Waals surface area contributed by atoms with Gasteiger partial charge in [-0.05, 0) is 156 Å². The molecule has 3 aromatic heterocycles. The second kappa shape index (κ2) is 42.5. The second-order valence-electron chi connectivity index (χ2n) is 26.2. The summed E-state index contributed by atoms with van der Waals surface area (Å²) < 4.78 is 79.7. The van der Waals surface area contributed by atoms with Crippen LogP contribution in [-0.2, 0) is 82.6 Å². The Morgan fingerprint density at radius 3 is 1.13 bits per heavy atom. The van der Waals surface area contributed by atoms with Crippen LogP contribution in [0.4, 0.5) is 13.2 Å². The van der Waals surface area contributed by atoms with E-state index in [4.69, 9.17) is 50.9 Å². The van der Waals surface area contributed by atoms with Gasteiger partial charge in [-0.25, -0.2) is 13.2 Å². The molecular weight excluding hydrogens is 1490 g/mol. The third-order valence-corrected chi connectivity index (χ3v) is 18.5. The Kier molecular flexibility index (Phi) is 34.5. The summed E-state index contributed by atoms with van der Waals surface area (Å²) in [5.74, 6) is -0.856. The largest absolute Gasteiger partial charge is 1.00 e. The number of halogens is 5. The van der Waals surface area contributed by atoms with Crippen molar-refractivity contribution in [3.8, 4) is 39.5 Å². The number of aromatic nitrogens is 3. The number of carbonyl (C=O) groups excluding carboxylic acids is 2. The van der Waals surface area contributed by atoms with Crippen LogP contribution in [0.5, 0.6) is 17.2 Å². The maximum absolute atomic E-state index is 15.3. The Morgan fingerprint density at radius 2 is 0.773 bits per heavy atom. The fraction of sp³-hybridized carbons (Fsp3) is 0.259. The number of fused-ring (bicyclic) bond motifs is 3. The summed E-state index contributed by atoms with van der Waals surface area (Å²) in [5, 5.41) is 29.7. The van der Waals surface area contributed by atoms with Crippen LogP contribution in [0.25, 0.3) is 55.0 Å². The summed E-state index contributed by atoms with van der Waals surface area (Å²) in [6.07, 6.45) is 6.39. The van der Waals surface area contributed by atoms with Crippen LogP contribution in [0.2, 0.25) is 0 Å². The number of nitrogens with zero attached hydrogens (tertiary/aromatic N) is 3. The quantitative estimate of drug-likeness (QED) is 0.0217. The normalized spacial score (nSPS) is 10.8. The summed E-state index contributed by atoms with van der Waals surface area (Å²) in [7, 11) is -1.78. The van der Waals surface area contributed by atoms with Gasteiger partial charge in [0.15, 0.2) is 0 Å². The van der Waals surface area contributed by atoms with Crippen LogP contribution < -0.4 is 55.7 Å². The minimum absolute atomic E-state index is 0. The fourth-order valence-electron chi connectivity index (χ4n) is 12.6. The Hall–Kier alpha value is -9.61. The zero-order chi connectivity index (χ0) is 77.0. The fourth-order valence-corrected chi connectivity index (χ4v) is 13.2. The van der Waals surface area contributed by atoms with Gasteiger partial charge in [-0.3, -0.25) is 14.4 Å². The Bertz CT molecular complexity index is 5070. The van der Waals surface area contributed by atoms with Crippen molar-refractivity contribution in [2.45, 2.75) is 132 Å². The molecule has 0 spiro atoms. The van der Waals surface area contributed by atoms with Crippen molar-refractivity contribution in [2.24, 2.45) is 17.2 Å². The molecule has 0 bridgehead atoms. The predicted octanol–water partition coefficient (Wildman–Crippen LogP) is 13.7. The number of para-hydroxylation sites is 3. The van der Waals surface area contributed by atoms with E-state index in [1.165, 1.54) is 29.1 Å². The molecule has 12 aromatic rings. The predicted molar refractivity (Wildman–Crippen MR) is 429 cm³/mol. The number of carboxylic acid groups (broad SMARTS) is 1. The third kappa shape index (κ3) is 22.6. The molecular formula is C85H93BBrClF3LiN6O12. The number of carbonyl (C=O) groups is 3. The van der Waals surface area contributed by atoms with Gasteiger partial charge in [-0.1, -0.05) is 125 Å². The first-order chi connectivity index (χ1) is 51.5. The number of aliphatic carboxylic acids is 1. The maximum Gasteiger partial charge on any atom is 1.00 e. The zero-order valence-corrected chi connectivity index (χ0v) is 65.6. The van der Waals surface area contributed by atoms with E-state index in [0.717, 1.165) is 65.2 Å². The van der Waals surface area contributed by atoms with Gasteiger partial charge in [0.25, 0.3) is 0 Å². The summed E-state index contributed by atoms with van der Waals surface area (Å²) in [6.45, 7) is 18.3. The monoisotopic (exact) mass is 1580 g/mol. The molecule has 0 fully saturated rings. The number of rotatable bonds is 26. The van der Waals surface area contributed by atoms with E-state index < -0.39 is 18.9 Å². The molecule has 25 heteroatoms. The second-order valence-corrected chi connectivity index (χ2v) is 27.1. The van der Waals surface area contributed by atoms with Crippen LogP contribution >= 0.6 is 28.3 Å². The van der Waals surface area contributed by atoms with E-state index in [0.29, 0.717) is 70.9 Å². The van der Waals surface area contributed by atoms with Crippen molar-refractivity contribution in [3.05, 3.63) is 273 Å². The Morgan fingerprint density at radius 1 is 0.445 bits per heavy atom. The number of hydrogen-bond donors (Lipinski definition) is 6. The standard InChI is InChI=1S/C29H31FN2O3.C27H27FN2O3.C22H24BrNO3.C7H9BFNO2.ClH.Li.H2O/c1-4-34-28(33)16-21-8-5-6-11-27(21)35-18-20-14-25(24-10-7-9-22(17-31)29(24)30)23-12-13-32(19(2)3)26(23)15-20;1-17(2)30-11-10-21-23(22-8-5-7-20(15-29)27(22)28)12-18(13-24(21)30)16-33-25-9-4-3-6-19(25)14-26(31)32;1-4-26-22(25)13-17-7-5-6-8-21(17)27-14-16-11-19(23)18-9-10-24(15(2)3)20(18)12-16;9-7-5(4-10)2-1-3-6(7)8(11)12;;;/h5-15,19H,4,16-18,31H2,1-3H3;3-13,17H,14-16,29H2,1-2H3,(H,31,32);5-12,15H,4,13-14H2,1-3H3;1-3,11-12H,4,10H2;1H;;1H2/q;;;;;+1;/p-1. The number of nitrogens with two attached hydrogens (primary N) is 3. The van der Waals surface area contributed by atoms with E-state index in [2.05, 4.69) is 102 Å². The smallest absolute Gasteiger partial charge is 0.870 e. The minimum Gasteiger partial charge on any atom is -0.870 e. The molecule has 0 atom stereocenters. The average Bonchev–Trinajstić information content (AvgIpc) is 1.53. The van der Waals surface area contributed by atoms with Crippen LogP contribution in [0.15, 0.2) is 205 Å². The molecule has 12 rings (SSSR count). The van der Waals surface area contributed by atoms with Gasteiger partial charge in [-0.15, -0.1) is 12.4 Å². The van der Waals surface area contributed by atoms with E-state index >= 15 is 8.78 Å². The van der Waals surface area contributed by atoms with Gasteiger partial charge in [0.1, 0.15) is 54.5 Å². The number of benzene rings is 9. The van der Waals surface area contributed by atoms with E-state index in [1.54, 1.807) is 56.3 Å². The molecule has 0 aliphatic heterocycles. The number of carboxylic acids is 1. The molecule has 0 aliphatic rings. The van der Waals surface area contributed by atoms with Crippen molar-refractivity contribution < 1.29 is 90.7 Å². The molecule has 0 unspecified atom stereocenters. The third-order valence-electron chi connectivity index (χ3n) is 17.8. The van der Waals surface area contributed by atoms with Crippen molar-refractivity contribution >= 4 is 91.5 Å². The molecule has 0 saturated carbocycles. The minimum atomic E-state index is -1.78. The number of esters is 2. The van der Waals surface area contributed by atoms with Crippen LogP contribution in [0.1, 0.15) is 124 Å². The first kappa shape index (κ1) is 89.3. The molecule has 0 radical (unpaired) electrons. The van der Waals surface area contributed by atoms with Gasteiger partial charge in [0, 0.05) is 144 Å². The van der Waals surface area contributed by atoms with Crippen molar-refractivity contribution in [1.82, 2.24) is 13.7 Å². The Balaban J connectivity index is 0.000000238. The summed E-state index contributed by atoms with van der Waals surface area (Å²) in [6, 6.07) is 56.4. The van der Waals surface area contributed by atoms with E-state index in [9.17, 15) is 23.9 Å². The summed E-state index contributed by atoms with van der Waals surface area (Å²) in [4.78, 5) is 35.0. The molecule has 0 aliphatic carbocycles. The van der Waals surface area contributed by atoms with Gasteiger partial charge in [-0.2, -0.15) is 0 Å². The van der Waals surface area contributed by atoms with Gasteiger partial charge in [0.05, 0.1) is 32.5 Å². The van der Waals surface area contributed by atoms with Gasteiger partial charge in [0.2, 0.25) is 0 Å². The average molecular weight is 1580 g/mol. The van der Waals surface area contributed by atoms with Crippen molar-refractivity contribution in [1.29, 1.82) is 0 Å². The van der Waals surface area contributed by atoms with Crippen molar-refractivity contribution in [2.75, 3.05) is 13.2 Å². The number of ether oxygens (including phenoxy) is 5. The molecule has 9 aromatic carbocycles. The van der Waals surface area contributed by atoms with Crippen LogP contribution in [0.3, 0.4) is 0 Å². The summed E-state index contributed by atoms with van der Waals surface area (Å²) >= 11 is 3.67. The topological polar surface area (TPSA) is 281 Å². The van der Waals surface area contributed by atoms with E-state index in [-0.39, 0.29) is 136 Å². The molecule has 3 heterocycles. The summed E-state index contributed by atoms with van der Waals surface area (Å²) in [5.41, 5.74) is 28.6. The molecule has 574 valence electrons. The zero-order valence-electron chi connectivity index (χ0n) is 63.2.